The molecule has 112 valence electrons. The predicted molar refractivity (Wildman–Crippen MR) is 90.4 cm³/mol. The quantitative estimate of drug-likeness (QED) is 0.729. The van der Waals surface area contributed by atoms with Crippen LogP contribution in [-0.4, -0.2) is 7.11 Å². The zero-order valence-electron chi connectivity index (χ0n) is 12.8. The maximum absolute atomic E-state index is 6.01. The van der Waals surface area contributed by atoms with Gasteiger partial charge in [0.15, 0.2) is 0 Å². The average Bonchev–Trinajstić information content (AvgIpc) is 2.56. The molecule has 0 saturated heterocycles. The van der Waals surface area contributed by atoms with Crippen LogP contribution in [0.5, 0.6) is 11.5 Å². The third-order valence-electron chi connectivity index (χ3n) is 3.78. The minimum absolute atomic E-state index is 0.491. The highest BCUT2D eigenvalue weighted by atomic mass is 16.5. The van der Waals surface area contributed by atoms with Crippen LogP contribution < -0.4 is 15.2 Å². The molecule has 0 heterocycles. The number of hydrogen-bond acceptors (Lipinski definition) is 3. The highest BCUT2D eigenvalue weighted by Gasteiger charge is 2.06. The van der Waals surface area contributed by atoms with E-state index in [1.54, 1.807) is 7.11 Å². The molecule has 3 aromatic rings. The van der Waals surface area contributed by atoms with Gasteiger partial charge in [-0.1, -0.05) is 36.4 Å². The summed E-state index contributed by atoms with van der Waals surface area (Å²) < 4.78 is 11.3. The monoisotopic (exact) mass is 293 g/mol. The molecule has 0 fully saturated rings. The summed E-state index contributed by atoms with van der Waals surface area (Å²) in [6.07, 6.45) is 0. The molecule has 0 radical (unpaired) electrons. The second-order valence-electron chi connectivity index (χ2n) is 5.29. The number of methoxy groups -OCH3 is 1. The lowest BCUT2D eigenvalue weighted by Crippen LogP contribution is -1.98. The number of nitrogen functional groups attached to an aromatic ring is 1. The molecule has 3 nitrogen and oxygen atoms in total. The van der Waals surface area contributed by atoms with Gasteiger partial charge in [0.2, 0.25) is 0 Å². The van der Waals surface area contributed by atoms with Gasteiger partial charge in [0.25, 0.3) is 0 Å². The smallest absolute Gasteiger partial charge is 0.127 e. The van der Waals surface area contributed by atoms with Gasteiger partial charge in [0, 0.05) is 16.5 Å². The fourth-order valence-electron chi connectivity index (χ4n) is 2.54. The Hall–Kier alpha value is -2.68. The van der Waals surface area contributed by atoms with Crippen molar-refractivity contribution in [3.8, 4) is 11.5 Å². The highest BCUT2D eigenvalue weighted by Crippen LogP contribution is 2.30. The molecule has 0 atom stereocenters. The van der Waals surface area contributed by atoms with Gasteiger partial charge in [-0.3, -0.25) is 0 Å². The molecule has 0 aromatic heterocycles. The van der Waals surface area contributed by atoms with Gasteiger partial charge in [0.1, 0.15) is 18.1 Å². The van der Waals surface area contributed by atoms with Gasteiger partial charge in [-0.05, 0) is 36.2 Å². The summed E-state index contributed by atoms with van der Waals surface area (Å²) in [7, 11) is 1.68. The lowest BCUT2D eigenvalue weighted by Gasteiger charge is -2.12. The van der Waals surface area contributed by atoms with E-state index in [-0.39, 0.29) is 0 Å². The Morgan fingerprint density at radius 2 is 1.68 bits per heavy atom. The van der Waals surface area contributed by atoms with E-state index < -0.39 is 0 Å². The topological polar surface area (TPSA) is 44.5 Å². The molecule has 3 rings (SSSR count). The van der Waals surface area contributed by atoms with Crippen LogP contribution in [0.25, 0.3) is 10.8 Å². The van der Waals surface area contributed by atoms with Crippen LogP contribution in [0.15, 0.2) is 54.6 Å². The minimum Gasteiger partial charge on any atom is -0.496 e. The SMILES string of the molecule is COc1cc(COc2ccc(N)c3ccccc23)ccc1C. The molecular formula is C19H19NO2. The number of fused-ring (bicyclic) bond motifs is 1. The molecule has 3 aromatic carbocycles. The van der Waals surface area contributed by atoms with Gasteiger partial charge < -0.3 is 15.2 Å². The number of rotatable bonds is 4. The first-order valence-corrected chi connectivity index (χ1v) is 7.22. The second kappa shape index (κ2) is 5.98. The zero-order valence-corrected chi connectivity index (χ0v) is 12.8. The summed E-state index contributed by atoms with van der Waals surface area (Å²) in [6.45, 7) is 2.52. The van der Waals surface area contributed by atoms with Crippen LogP contribution in [0.4, 0.5) is 5.69 Å². The Labute approximate surface area is 130 Å². The maximum atomic E-state index is 6.01. The van der Waals surface area contributed by atoms with Gasteiger partial charge in [0.05, 0.1) is 7.11 Å². The van der Waals surface area contributed by atoms with Gasteiger partial charge in [-0.2, -0.15) is 0 Å². The van der Waals surface area contributed by atoms with Crippen molar-refractivity contribution in [3.63, 3.8) is 0 Å². The number of hydrogen-bond donors (Lipinski definition) is 1. The van der Waals surface area contributed by atoms with Crippen molar-refractivity contribution in [2.24, 2.45) is 0 Å². The fourth-order valence-corrected chi connectivity index (χ4v) is 2.54. The summed E-state index contributed by atoms with van der Waals surface area (Å²) >= 11 is 0. The van der Waals surface area contributed by atoms with Crippen molar-refractivity contribution < 1.29 is 9.47 Å². The summed E-state index contributed by atoms with van der Waals surface area (Å²) in [4.78, 5) is 0. The standard InChI is InChI=1S/C19H19NO2/c1-13-7-8-14(11-19(13)21-2)12-22-18-10-9-17(20)15-5-3-4-6-16(15)18/h3-11H,12,20H2,1-2H3. The van der Waals surface area contributed by atoms with E-state index in [0.29, 0.717) is 6.61 Å². The number of benzene rings is 3. The van der Waals surface area contributed by atoms with E-state index in [1.165, 1.54) is 0 Å². The van der Waals surface area contributed by atoms with E-state index in [0.717, 1.165) is 39.1 Å². The molecule has 0 bridgehead atoms. The molecule has 0 saturated carbocycles. The van der Waals surface area contributed by atoms with E-state index >= 15 is 0 Å². The minimum atomic E-state index is 0.491. The van der Waals surface area contributed by atoms with Crippen molar-refractivity contribution in [1.29, 1.82) is 0 Å². The molecule has 0 aliphatic rings. The van der Waals surface area contributed by atoms with Gasteiger partial charge in [-0.25, -0.2) is 0 Å². The maximum Gasteiger partial charge on any atom is 0.127 e. The van der Waals surface area contributed by atoms with Crippen LogP contribution in [0.3, 0.4) is 0 Å². The zero-order chi connectivity index (χ0) is 15.5. The number of aryl methyl sites for hydroxylation is 1. The number of anilines is 1. The molecule has 0 spiro atoms. The summed E-state index contributed by atoms with van der Waals surface area (Å²) in [6, 6.07) is 17.9. The molecule has 0 unspecified atom stereocenters. The Morgan fingerprint density at radius 1 is 0.909 bits per heavy atom. The van der Waals surface area contributed by atoms with Crippen molar-refractivity contribution >= 4 is 16.5 Å². The molecule has 3 heteroatoms. The average molecular weight is 293 g/mol. The van der Waals surface area contributed by atoms with Crippen LogP contribution >= 0.6 is 0 Å². The normalized spacial score (nSPS) is 10.6. The van der Waals surface area contributed by atoms with Crippen molar-refractivity contribution in [1.82, 2.24) is 0 Å². The second-order valence-corrected chi connectivity index (χ2v) is 5.29. The molecule has 0 amide bonds. The molecule has 0 aliphatic carbocycles. The van der Waals surface area contributed by atoms with Crippen molar-refractivity contribution in [2.45, 2.75) is 13.5 Å². The summed E-state index contributed by atoms with van der Waals surface area (Å²) in [5.41, 5.74) is 8.97. The van der Waals surface area contributed by atoms with Crippen LogP contribution in [0.1, 0.15) is 11.1 Å². The lowest BCUT2D eigenvalue weighted by molar-refractivity contribution is 0.309. The van der Waals surface area contributed by atoms with Crippen LogP contribution in [-0.2, 0) is 6.61 Å². The van der Waals surface area contributed by atoms with Crippen LogP contribution in [0.2, 0.25) is 0 Å². The summed E-state index contributed by atoms with van der Waals surface area (Å²) in [5.74, 6) is 1.72. The fraction of sp³-hybridized carbons (Fsp3) is 0.158. The molecule has 0 aliphatic heterocycles. The Bertz CT molecular complexity index is 812. The number of ether oxygens (including phenoxy) is 2. The first-order chi connectivity index (χ1) is 10.7. The predicted octanol–water partition coefficient (Wildman–Crippen LogP) is 4.32. The summed E-state index contributed by atoms with van der Waals surface area (Å²) in [5, 5.41) is 2.04. The third-order valence-corrected chi connectivity index (χ3v) is 3.78. The van der Waals surface area contributed by atoms with Crippen LogP contribution in [0, 0.1) is 6.92 Å². The largest absolute Gasteiger partial charge is 0.496 e. The van der Waals surface area contributed by atoms with Crippen molar-refractivity contribution in [2.75, 3.05) is 12.8 Å². The van der Waals surface area contributed by atoms with E-state index in [1.807, 2.05) is 55.5 Å². The first kappa shape index (κ1) is 14.3. The van der Waals surface area contributed by atoms with E-state index in [9.17, 15) is 0 Å². The molecule has 2 N–H and O–H groups in total. The first-order valence-electron chi connectivity index (χ1n) is 7.22. The molecule has 22 heavy (non-hydrogen) atoms. The molecular weight excluding hydrogens is 274 g/mol. The van der Waals surface area contributed by atoms with Crippen molar-refractivity contribution in [3.05, 3.63) is 65.7 Å². The van der Waals surface area contributed by atoms with Gasteiger partial charge in [-0.15, -0.1) is 0 Å². The van der Waals surface area contributed by atoms with Gasteiger partial charge >= 0.3 is 0 Å². The Kier molecular flexibility index (Phi) is 3.88. The Morgan fingerprint density at radius 3 is 2.45 bits per heavy atom. The lowest BCUT2D eigenvalue weighted by atomic mass is 10.1. The Balaban J connectivity index is 1.87. The highest BCUT2D eigenvalue weighted by molar-refractivity contribution is 5.96. The van der Waals surface area contributed by atoms with E-state index in [2.05, 4.69) is 6.07 Å². The number of nitrogens with two attached hydrogens (primary N) is 1. The van der Waals surface area contributed by atoms with E-state index in [4.69, 9.17) is 15.2 Å². The third kappa shape index (κ3) is 2.70.